The highest BCUT2D eigenvalue weighted by atomic mass is 14.9. The van der Waals surface area contributed by atoms with Gasteiger partial charge in [-0.1, -0.05) is 44.3 Å². The van der Waals surface area contributed by atoms with Crippen LogP contribution in [0.25, 0.3) is 0 Å². The third-order valence-electron chi connectivity index (χ3n) is 4.61. The first-order chi connectivity index (χ1) is 8.93. The van der Waals surface area contributed by atoms with Crippen LogP contribution >= 0.6 is 0 Å². The fraction of sp³-hybridized carbons (Fsp3) is 0.688. The first-order valence-corrected chi connectivity index (χ1v) is 7.58. The summed E-state index contributed by atoms with van der Waals surface area (Å²) in [4.78, 5) is 7.32. The molecule has 0 amide bonds. The van der Waals surface area contributed by atoms with Crippen LogP contribution in [-0.2, 0) is 0 Å². The van der Waals surface area contributed by atoms with E-state index in [-0.39, 0.29) is 0 Å². The number of H-pyrrole nitrogens is 1. The number of hydrogen-bond acceptors (Lipinski definition) is 1. The average Bonchev–Trinajstić information content (AvgIpc) is 2.98. The van der Waals surface area contributed by atoms with Crippen molar-refractivity contribution in [3.05, 3.63) is 30.4 Å². The molecule has 1 heterocycles. The van der Waals surface area contributed by atoms with Gasteiger partial charge in [0.15, 0.2) is 0 Å². The predicted octanol–water partition coefficient (Wildman–Crippen LogP) is 4.43. The summed E-state index contributed by atoms with van der Waals surface area (Å²) in [5, 5.41) is 0. The Bertz CT molecular complexity index is 374. The number of nitrogens with zero attached hydrogens (tertiary/aromatic N) is 1. The zero-order valence-corrected chi connectivity index (χ0v) is 11.1. The molecule has 2 unspecified atom stereocenters. The molecule has 0 saturated heterocycles. The van der Waals surface area contributed by atoms with Crippen LogP contribution in [0.1, 0.15) is 63.0 Å². The lowest BCUT2D eigenvalue weighted by Gasteiger charge is -2.20. The van der Waals surface area contributed by atoms with Crippen LogP contribution < -0.4 is 0 Å². The van der Waals surface area contributed by atoms with Gasteiger partial charge in [-0.3, -0.25) is 0 Å². The largest absolute Gasteiger partial charge is 0.348 e. The SMILES string of the molecule is C(=C/C1CC1c1cnc[nH]1)/CCC1CCCCC1. The van der Waals surface area contributed by atoms with Crippen molar-refractivity contribution >= 4 is 0 Å². The van der Waals surface area contributed by atoms with E-state index in [1.165, 1.54) is 57.1 Å². The Morgan fingerprint density at radius 2 is 2.17 bits per heavy atom. The lowest BCUT2D eigenvalue weighted by atomic mass is 9.86. The molecule has 3 rings (SSSR count). The fourth-order valence-corrected chi connectivity index (χ4v) is 3.33. The van der Waals surface area contributed by atoms with E-state index in [0.717, 1.165) is 17.8 Å². The van der Waals surface area contributed by atoms with Crippen molar-refractivity contribution in [2.45, 2.75) is 57.3 Å². The Hall–Kier alpha value is -1.05. The van der Waals surface area contributed by atoms with E-state index in [0.29, 0.717) is 0 Å². The van der Waals surface area contributed by atoms with Crippen LogP contribution in [0.3, 0.4) is 0 Å². The summed E-state index contributed by atoms with van der Waals surface area (Å²) in [6, 6.07) is 0. The molecule has 1 aromatic rings. The minimum absolute atomic E-state index is 0.721. The van der Waals surface area contributed by atoms with Gasteiger partial charge in [0, 0.05) is 17.8 Å². The number of allylic oxidation sites excluding steroid dienone is 2. The molecule has 0 spiro atoms. The molecule has 2 saturated carbocycles. The summed E-state index contributed by atoms with van der Waals surface area (Å²) in [6.07, 6.45) is 20.0. The number of aromatic nitrogens is 2. The number of aromatic amines is 1. The molecule has 0 radical (unpaired) electrons. The lowest BCUT2D eigenvalue weighted by molar-refractivity contribution is 0.341. The van der Waals surface area contributed by atoms with E-state index in [4.69, 9.17) is 0 Å². The maximum Gasteiger partial charge on any atom is 0.0921 e. The molecule has 98 valence electrons. The van der Waals surface area contributed by atoms with Crippen LogP contribution in [-0.4, -0.2) is 9.97 Å². The predicted molar refractivity (Wildman–Crippen MR) is 74.4 cm³/mol. The van der Waals surface area contributed by atoms with Gasteiger partial charge in [0.1, 0.15) is 0 Å². The van der Waals surface area contributed by atoms with Gasteiger partial charge in [0.2, 0.25) is 0 Å². The second kappa shape index (κ2) is 5.73. The normalized spacial score (nSPS) is 28.9. The molecule has 2 fully saturated rings. The first kappa shape index (κ1) is 12.0. The fourth-order valence-electron chi connectivity index (χ4n) is 3.33. The van der Waals surface area contributed by atoms with E-state index in [1.807, 2.05) is 6.20 Å². The van der Waals surface area contributed by atoms with Gasteiger partial charge >= 0.3 is 0 Å². The summed E-state index contributed by atoms with van der Waals surface area (Å²) < 4.78 is 0. The maximum atomic E-state index is 4.10. The highest BCUT2D eigenvalue weighted by Gasteiger charge is 2.36. The van der Waals surface area contributed by atoms with Crippen LogP contribution in [0.15, 0.2) is 24.7 Å². The smallest absolute Gasteiger partial charge is 0.0921 e. The van der Waals surface area contributed by atoms with Crippen LogP contribution in [0.4, 0.5) is 0 Å². The highest BCUT2D eigenvalue weighted by Crippen LogP contribution is 2.47. The monoisotopic (exact) mass is 244 g/mol. The van der Waals surface area contributed by atoms with E-state index >= 15 is 0 Å². The molecule has 2 aliphatic carbocycles. The Kier molecular flexibility index (Phi) is 3.82. The molecule has 2 atom stereocenters. The summed E-state index contributed by atoms with van der Waals surface area (Å²) >= 11 is 0. The molecule has 0 aromatic carbocycles. The lowest BCUT2D eigenvalue weighted by Crippen LogP contribution is -2.05. The number of hydrogen-bond donors (Lipinski definition) is 1. The Balaban J connectivity index is 1.35. The van der Waals surface area contributed by atoms with Crippen molar-refractivity contribution in [2.75, 3.05) is 0 Å². The molecular formula is C16H24N2. The Morgan fingerprint density at radius 3 is 2.94 bits per heavy atom. The molecular weight excluding hydrogens is 220 g/mol. The van der Waals surface area contributed by atoms with E-state index < -0.39 is 0 Å². The van der Waals surface area contributed by atoms with Crippen LogP contribution in [0.2, 0.25) is 0 Å². The Labute approximate surface area is 110 Å². The molecule has 0 bridgehead atoms. The second-order valence-electron chi connectivity index (χ2n) is 6.02. The Morgan fingerprint density at radius 1 is 1.28 bits per heavy atom. The first-order valence-electron chi connectivity index (χ1n) is 7.58. The van der Waals surface area contributed by atoms with Gasteiger partial charge in [0.25, 0.3) is 0 Å². The average molecular weight is 244 g/mol. The van der Waals surface area contributed by atoms with Gasteiger partial charge in [-0.25, -0.2) is 4.98 Å². The minimum Gasteiger partial charge on any atom is -0.348 e. The number of nitrogens with one attached hydrogen (secondary N) is 1. The highest BCUT2D eigenvalue weighted by molar-refractivity contribution is 5.19. The number of imidazole rings is 1. The third kappa shape index (κ3) is 3.04. The van der Waals surface area contributed by atoms with Gasteiger partial charge < -0.3 is 4.98 Å². The van der Waals surface area contributed by atoms with E-state index in [9.17, 15) is 0 Å². The third-order valence-corrected chi connectivity index (χ3v) is 4.61. The van der Waals surface area contributed by atoms with Crippen molar-refractivity contribution < 1.29 is 0 Å². The van der Waals surface area contributed by atoms with Crippen molar-refractivity contribution in [1.29, 1.82) is 0 Å². The van der Waals surface area contributed by atoms with Crippen LogP contribution in [0.5, 0.6) is 0 Å². The van der Waals surface area contributed by atoms with Gasteiger partial charge in [-0.15, -0.1) is 0 Å². The standard InChI is InChI=1S/C16H24N2/c1-2-6-13(7-3-1)8-4-5-9-14-10-15(14)16-11-17-12-18-16/h5,9,11-15H,1-4,6-8,10H2,(H,17,18)/b9-5-. The topological polar surface area (TPSA) is 28.7 Å². The van der Waals surface area contributed by atoms with Crippen LogP contribution in [0, 0.1) is 11.8 Å². The molecule has 1 aromatic heterocycles. The molecule has 0 aliphatic heterocycles. The summed E-state index contributed by atoms with van der Waals surface area (Å²) in [6.45, 7) is 0. The molecule has 2 nitrogen and oxygen atoms in total. The second-order valence-corrected chi connectivity index (χ2v) is 6.02. The minimum atomic E-state index is 0.721. The number of rotatable bonds is 5. The van der Waals surface area contributed by atoms with Crippen molar-refractivity contribution in [1.82, 2.24) is 9.97 Å². The van der Waals surface area contributed by atoms with Gasteiger partial charge in [-0.05, 0) is 31.1 Å². The van der Waals surface area contributed by atoms with E-state index in [2.05, 4.69) is 22.1 Å². The van der Waals surface area contributed by atoms with Crippen molar-refractivity contribution in [3.63, 3.8) is 0 Å². The summed E-state index contributed by atoms with van der Waals surface area (Å²) in [5.41, 5.74) is 1.32. The molecule has 2 aliphatic rings. The quantitative estimate of drug-likeness (QED) is 0.763. The van der Waals surface area contributed by atoms with Gasteiger partial charge in [-0.2, -0.15) is 0 Å². The van der Waals surface area contributed by atoms with Crippen molar-refractivity contribution in [2.24, 2.45) is 11.8 Å². The molecule has 1 N–H and O–H groups in total. The molecule has 2 heteroatoms. The summed E-state index contributed by atoms with van der Waals surface area (Å²) in [7, 11) is 0. The zero-order chi connectivity index (χ0) is 12.2. The summed E-state index contributed by atoms with van der Waals surface area (Å²) in [5.74, 6) is 2.52. The maximum absolute atomic E-state index is 4.10. The zero-order valence-electron chi connectivity index (χ0n) is 11.1. The van der Waals surface area contributed by atoms with E-state index in [1.54, 1.807) is 6.33 Å². The van der Waals surface area contributed by atoms with Crippen molar-refractivity contribution in [3.8, 4) is 0 Å². The molecule has 18 heavy (non-hydrogen) atoms. The van der Waals surface area contributed by atoms with Gasteiger partial charge in [0.05, 0.1) is 6.33 Å².